The van der Waals surface area contributed by atoms with Gasteiger partial charge in [-0.3, -0.25) is 15.0 Å². The van der Waals surface area contributed by atoms with E-state index >= 15 is 0 Å². The number of carbonyl (C=O) groups is 2. The maximum absolute atomic E-state index is 11.9. The highest BCUT2D eigenvalue weighted by Crippen LogP contribution is 2.07. The van der Waals surface area contributed by atoms with Gasteiger partial charge < -0.3 is 9.47 Å². The summed E-state index contributed by atoms with van der Waals surface area (Å²) in [5, 5.41) is 0. The molecule has 0 bridgehead atoms. The van der Waals surface area contributed by atoms with Crippen LogP contribution in [0.4, 0.5) is 0 Å². The Hall–Kier alpha value is -3.61. The van der Waals surface area contributed by atoms with Crippen molar-refractivity contribution in [1.29, 1.82) is 0 Å². The molecule has 7 nitrogen and oxygen atoms in total. The van der Waals surface area contributed by atoms with Crippen molar-refractivity contribution in [1.82, 2.24) is 15.0 Å². The SMILES string of the molecule is O=C(OCc1cccc(COC(=O)c2cccnc2)n1)c1cccnc1. The molecule has 0 aromatic carbocycles. The maximum Gasteiger partial charge on any atom is 0.340 e. The van der Waals surface area contributed by atoms with E-state index in [9.17, 15) is 9.59 Å². The van der Waals surface area contributed by atoms with Gasteiger partial charge in [0, 0.05) is 24.8 Å². The number of pyridine rings is 3. The number of carbonyl (C=O) groups excluding carboxylic acids is 2. The summed E-state index contributed by atoms with van der Waals surface area (Å²) in [4.78, 5) is 35.9. The number of aromatic nitrogens is 3. The normalized spacial score (nSPS) is 10.2. The van der Waals surface area contributed by atoms with Gasteiger partial charge in [-0.1, -0.05) is 6.07 Å². The van der Waals surface area contributed by atoms with Gasteiger partial charge in [0.25, 0.3) is 0 Å². The van der Waals surface area contributed by atoms with E-state index in [0.29, 0.717) is 22.5 Å². The molecular weight excluding hydrogens is 334 g/mol. The van der Waals surface area contributed by atoms with Gasteiger partial charge in [-0.25, -0.2) is 9.59 Å². The van der Waals surface area contributed by atoms with Crippen molar-refractivity contribution in [2.45, 2.75) is 13.2 Å². The maximum atomic E-state index is 11.9. The second-order valence-electron chi connectivity index (χ2n) is 5.26. The lowest BCUT2D eigenvalue weighted by Crippen LogP contribution is -2.09. The predicted octanol–water partition coefficient (Wildman–Crippen LogP) is 2.59. The summed E-state index contributed by atoms with van der Waals surface area (Å²) in [6.07, 6.45) is 6.03. The van der Waals surface area contributed by atoms with Gasteiger partial charge in [0.15, 0.2) is 0 Å². The fraction of sp³-hybridized carbons (Fsp3) is 0.105. The largest absolute Gasteiger partial charge is 0.456 e. The monoisotopic (exact) mass is 349 g/mol. The Labute approximate surface area is 149 Å². The van der Waals surface area contributed by atoms with E-state index in [0.717, 1.165) is 0 Å². The average Bonchev–Trinajstić information content (AvgIpc) is 2.72. The first-order valence-corrected chi connectivity index (χ1v) is 7.81. The Bertz CT molecular complexity index is 815. The number of nitrogens with zero attached hydrogens (tertiary/aromatic N) is 3. The minimum Gasteiger partial charge on any atom is -0.456 e. The number of rotatable bonds is 6. The first-order chi connectivity index (χ1) is 12.7. The van der Waals surface area contributed by atoms with Gasteiger partial charge in [-0.2, -0.15) is 0 Å². The zero-order valence-electron chi connectivity index (χ0n) is 13.7. The van der Waals surface area contributed by atoms with Crippen molar-refractivity contribution < 1.29 is 19.1 Å². The van der Waals surface area contributed by atoms with Crippen LogP contribution in [0, 0.1) is 0 Å². The zero-order valence-corrected chi connectivity index (χ0v) is 13.7. The third-order valence-electron chi connectivity index (χ3n) is 3.36. The predicted molar refractivity (Wildman–Crippen MR) is 91.0 cm³/mol. The first-order valence-electron chi connectivity index (χ1n) is 7.81. The lowest BCUT2D eigenvalue weighted by Gasteiger charge is -2.07. The van der Waals surface area contributed by atoms with Crippen molar-refractivity contribution in [2.24, 2.45) is 0 Å². The zero-order chi connectivity index (χ0) is 18.2. The molecule has 7 heteroatoms. The minimum absolute atomic E-state index is 0.0120. The Balaban J connectivity index is 1.55. The smallest absolute Gasteiger partial charge is 0.340 e. The standard InChI is InChI=1S/C19H15N3O4/c23-18(14-4-2-8-20-10-14)25-12-16-6-1-7-17(22-16)13-26-19(24)15-5-3-9-21-11-15/h1-11H,12-13H2. The lowest BCUT2D eigenvalue weighted by molar-refractivity contribution is 0.0463. The van der Waals surface area contributed by atoms with Gasteiger partial charge >= 0.3 is 11.9 Å². The van der Waals surface area contributed by atoms with E-state index < -0.39 is 11.9 Å². The van der Waals surface area contributed by atoms with Crippen molar-refractivity contribution in [2.75, 3.05) is 0 Å². The Morgan fingerprint density at radius 3 is 1.65 bits per heavy atom. The van der Waals surface area contributed by atoms with Gasteiger partial charge in [-0.05, 0) is 36.4 Å². The lowest BCUT2D eigenvalue weighted by atomic mass is 10.3. The van der Waals surface area contributed by atoms with E-state index in [1.807, 2.05) is 0 Å². The molecule has 0 amide bonds. The van der Waals surface area contributed by atoms with Crippen LogP contribution in [0.15, 0.2) is 67.3 Å². The summed E-state index contributed by atoms with van der Waals surface area (Å²) in [6, 6.07) is 11.8. The molecule has 0 saturated carbocycles. The topological polar surface area (TPSA) is 91.3 Å². The molecule has 0 N–H and O–H groups in total. The molecule has 3 aromatic heterocycles. The average molecular weight is 349 g/mol. The molecule has 0 saturated heterocycles. The van der Waals surface area contributed by atoms with Crippen molar-refractivity contribution in [3.63, 3.8) is 0 Å². The van der Waals surface area contributed by atoms with Gasteiger partial charge in [0.1, 0.15) is 13.2 Å². The van der Waals surface area contributed by atoms with E-state index in [4.69, 9.17) is 9.47 Å². The summed E-state index contributed by atoms with van der Waals surface area (Å²) in [7, 11) is 0. The molecule has 3 aromatic rings. The first kappa shape index (κ1) is 17.2. The molecule has 0 unspecified atom stereocenters. The second kappa shape index (κ2) is 8.48. The van der Waals surface area contributed by atoms with E-state index in [-0.39, 0.29) is 13.2 Å². The third-order valence-corrected chi connectivity index (χ3v) is 3.36. The van der Waals surface area contributed by atoms with Crippen LogP contribution in [0.1, 0.15) is 32.1 Å². The Kier molecular flexibility index (Phi) is 5.61. The molecule has 0 fully saturated rings. The fourth-order valence-corrected chi connectivity index (χ4v) is 2.10. The Morgan fingerprint density at radius 1 is 0.731 bits per heavy atom. The highest BCUT2D eigenvalue weighted by Gasteiger charge is 2.10. The highest BCUT2D eigenvalue weighted by atomic mass is 16.5. The second-order valence-corrected chi connectivity index (χ2v) is 5.26. The van der Waals surface area contributed by atoms with E-state index in [1.165, 1.54) is 12.4 Å². The van der Waals surface area contributed by atoms with E-state index in [1.54, 1.807) is 54.9 Å². The molecule has 0 aliphatic rings. The van der Waals surface area contributed by atoms with Crippen LogP contribution in [0.2, 0.25) is 0 Å². The third kappa shape index (κ3) is 4.70. The van der Waals surface area contributed by atoms with Gasteiger partial charge in [-0.15, -0.1) is 0 Å². The Morgan fingerprint density at radius 2 is 1.23 bits per heavy atom. The molecule has 130 valence electrons. The molecule has 3 heterocycles. The fourth-order valence-electron chi connectivity index (χ4n) is 2.10. The number of ether oxygens (including phenoxy) is 2. The number of hydrogen-bond acceptors (Lipinski definition) is 7. The van der Waals surface area contributed by atoms with Crippen molar-refractivity contribution in [3.05, 3.63) is 89.8 Å². The molecule has 0 spiro atoms. The summed E-state index contributed by atoms with van der Waals surface area (Å²) in [5.41, 5.74) is 1.84. The molecule has 0 aliphatic heterocycles. The van der Waals surface area contributed by atoms with Crippen LogP contribution >= 0.6 is 0 Å². The summed E-state index contributed by atoms with van der Waals surface area (Å²) >= 11 is 0. The summed E-state index contributed by atoms with van der Waals surface area (Å²) in [6.45, 7) is 0.0240. The number of hydrogen-bond donors (Lipinski definition) is 0. The van der Waals surface area contributed by atoms with E-state index in [2.05, 4.69) is 15.0 Å². The molecule has 3 rings (SSSR count). The quantitative estimate of drug-likeness (QED) is 0.632. The molecule has 0 radical (unpaired) electrons. The molecule has 0 aliphatic carbocycles. The minimum atomic E-state index is -0.478. The van der Waals surface area contributed by atoms with Crippen LogP contribution in [0.5, 0.6) is 0 Å². The summed E-state index contributed by atoms with van der Waals surface area (Å²) < 4.78 is 10.4. The molecule has 0 atom stereocenters. The number of esters is 2. The molecular formula is C19H15N3O4. The van der Waals surface area contributed by atoms with Gasteiger partial charge in [0.2, 0.25) is 0 Å². The van der Waals surface area contributed by atoms with Crippen LogP contribution in [-0.4, -0.2) is 26.9 Å². The van der Waals surface area contributed by atoms with Crippen LogP contribution in [0.3, 0.4) is 0 Å². The molecule has 26 heavy (non-hydrogen) atoms. The van der Waals surface area contributed by atoms with Crippen molar-refractivity contribution in [3.8, 4) is 0 Å². The van der Waals surface area contributed by atoms with Crippen LogP contribution in [0.25, 0.3) is 0 Å². The van der Waals surface area contributed by atoms with Crippen LogP contribution in [-0.2, 0) is 22.7 Å². The highest BCUT2D eigenvalue weighted by molar-refractivity contribution is 5.89. The summed E-state index contributed by atoms with van der Waals surface area (Å²) in [5.74, 6) is -0.957. The van der Waals surface area contributed by atoms with Crippen molar-refractivity contribution >= 4 is 11.9 Å². The van der Waals surface area contributed by atoms with Crippen LogP contribution < -0.4 is 0 Å². The van der Waals surface area contributed by atoms with Gasteiger partial charge in [0.05, 0.1) is 22.5 Å².